The standard InChI is InChI=1S/C21H26ClN3O3/c22-16-3-5-17(6-4-16)25-14-9-18(21(25)28)20(27)24-12-7-15(8-13-24)19(26)23-10-1-2-11-23/h3-6,15,18H,1-2,7-14H2. The summed E-state index contributed by atoms with van der Waals surface area (Å²) in [6.45, 7) is 3.41. The van der Waals surface area contributed by atoms with Crippen LogP contribution in [0.5, 0.6) is 0 Å². The molecule has 0 N–H and O–H groups in total. The van der Waals surface area contributed by atoms with E-state index in [0.29, 0.717) is 43.9 Å². The van der Waals surface area contributed by atoms with E-state index in [1.807, 2.05) is 17.0 Å². The van der Waals surface area contributed by atoms with Crippen LogP contribution in [0.15, 0.2) is 24.3 Å². The zero-order valence-electron chi connectivity index (χ0n) is 16.0. The average molecular weight is 404 g/mol. The van der Waals surface area contributed by atoms with Crippen LogP contribution < -0.4 is 4.90 Å². The fourth-order valence-electron chi connectivity index (χ4n) is 4.55. The van der Waals surface area contributed by atoms with Crippen molar-refractivity contribution < 1.29 is 14.4 Å². The van der Waals surface area contributed by atoms with Gasteiger partial charge in [-0.15, -0.1) is 0 Å². The molecule has 0 spiro atoms. The molecule has 4 rings (SSSR count). The molecule has 0 radical (unpaired) electrons. The maximum Gasteiger partial charge on any atom is 0.239 e. The number of piperidine rings is 1. The van der Waals surface area contributed by atoms with Crippen LogP contribution in [0.25, 0.3) is 0 Å². The van der Waals surface area contributed by atoms with Crippen LogP contribution in [0.2, 0.25) is 5.02 Å². The Morgan fingerprint density at radius 2 is 1.43 bits per heavy atom. The minimum absolute atomic E-state index is 0.0204. The first-order chi connectivity index (χ1) is 13.5. The van der Waals surface area contributed by atoms with Crippen LogP contribution in [0.1, 0.15) is 32.1 Å². The van der Waals surface area contributed by atoms with Crippen molar-refractivity contribution >= 4 is 35.0 Å². The quantitative estimate of drug-likeness (QED) is 0.729. The molecule has 0 aliphatic carbocycles. The second-order valence-corrected chi connectivity index (χ2v) is 8.38. The van der Waals surface area contributed by atoms with E-state index < -0.39 is 5.92 Å². The molecule has 6 nitrogen and oxygen atoms in total. The maximum atomic E-state index is 12.9. The monoisotopic (exact) mass is 403 g/mol. The lowest BCUT2D eigenvalue weighted by Crippen LogP contribution is -2.46. The highest BCUT2D eigenvalue weighted by atomic mass is 35.5. The molecule has 28 heavy (non-hydrogen) atoms. The highest BCUT2D eigenvalue weighted by molar-refractivity contribution is 6.30. The number of hydrogen-bond acceptors (Lipinski definition) is 3. The second-order valence-electron chi connectivity index (χ2n) is 7.94. The summed E-state index contributed by atoms with van der Waals surface area (Å²) in [6.07, 6.45) is 4.12. The van der Waals surface area contributed by atoms with Gasteiger partial charge in [0, 0.05) is 49.4 Å². The molecule has 3 aliphatic heterocycles. The van der Waals surface area contributed by atoms with Crippen molar-refractivity contribution in [3.8, 4) is 0 Å². The van der Waals surface area contributed by atoms with Gasteiger partial charge in [-0.2, -0.15) is 0 Å². The Morgan fingerprint density at radius 3 is 2.07 bits per heavy atom. The van der Waals surface area contributed by atoms with E-state index in [1.54, 1.807) is 21.9 Å². The van der Waals surface area contributed by atoms with Crippen molar-refractivity contribution in [2.45, 2.75) is 32.1 Å². The number of rotatable bonds is 3. The first kappa shape index (κ1) is 19.2. The Bertz CT molecular complexity index is 753. The summed E-state index contributed by atoms with van der Waals surface area (Å²) in [4.78, 5) is 43.7. The van der Waals surface area contributed by atoms with Crippen molar-refractivity contribution in [2.24, 2.45) is 11.8 Å². The molecule has 0 aromatic heterocycles. The molecule has 1 aromatic carbocycles. The zero-order chi connectivity index (χ0) is 19.7. The van der Waals surface area contributed by atoms with Gasteiger partial charge < -0.3 is 14.7 Å². The molecule has 1 atom stereocenters. The highest BCUT2D eigenvalue weighted by Crippen LogP contribution is 2.29. The Kier molecular flexibility index (Phi) is 5.58. The van der Waals surface area contributed by atoms with Crippen molar-refractivity contribution in [1.29, 1.82) is 0 Å². The number of carbonyl (C=O) groups excluding carboxylic acids is 3. The van der Waals surface area contributed by atoms with E-state index in [1.165, 1.54) is 0 Å². The molecule has 7 heteroatoms. The summed E-state index contributed by atoms with van der Waals surface area (Å²) in [6, 6.07) is 7.12. The summed E-state index contributed by atoms with van der Waals surface area (Å²) >= 11 is 5.92. The van der Waals surface area contributed by atoms with Crippen LogP contribution in [0.3, 0.4) is 0 Å². The number of nitrogens with zero attached hydrogens (tertiary/aromatic N) is 3. The smallest absolute Gasteiger partial charge is 0.239 e. The molecule has 0 saturated carbocycles. The SMILES string of the molecule is O=C(C1CCN(C(=O)C2CCN(c3ccc(Cl)cc3)C2=O)CC1)N1CCCC1. The third-order valence-electron chi connectivity index (χ3n) is 6.22. The Hall–Kier alpha value is -2.08. The summed E-state index contributed by atoms with van der Waals surface area (Å²) < 4.78 is 0. The van der Waals surface area contributed by atoms with Gasteiger partial charge in [0.2, 0.25) is 17.7 Å². The molecule has 0 bridgehead atoms. The number of hydrogen-bond donors (Lipinski definition) is 0. The largest absolute Gasteiger partial charge is 0.342 e. The Balaban J connectivity index is 1.33. The van der Waals surface area contributed by atoms with E-state index in [0.717, 1.165) is 31.6 Å². The molecule has 3 fully saturated rings. The summed E-state index contributed by atoms with van der Waals surface area (Å²) in [5.74, 6) is -0.569. The van der Waals surface area contributed by atoms with Crippen molar-refractivity contribution in [3.05, 3.63) is 29.3 Å². The third-order valence-corrected chi connectivity index (χ3v) is 6.47. The average Bonchev–Trinajstić information content (AvgIpc) is 3.38. The zero-order valence-corrected chi connectivity index (χ0v) is 16.7. The predicted molar refractivity (Wildman–Crippen MR) is 107 cm³/mol. The number of carbonyl (C=O) groups is 3. The summed E-state index contributed by atoms with van der Waals surface area (Å²) in [5, 5.41) is 0.620. The van der Waals surface area contributed by atoms with Crippen molar-refractivity contribution in [1.82, 2.24) is 9.80 Å². The fourth-order valence-corrected chi connectivity index (χ4v) is 4.68. The minimum Gasteiger partial charge on any atom is -0.342 e. The Morgan fingerprint density at radius 1 is 0.821 bits per heavy atom. The molecule has 1 aromatic rings. The molecular weight excluding hydrogens is 378 g/mol. The van der Waals surface area contributed by atoms with Gasteiger partial charge in [-0.25, -0.2) is 0 Å². The van der Waals surface area contributed by atoms with Gasteiger partial charge in [0.15, 0.2) is 0 Å². The number of anilines is 1. The van der Waals surface area contributed by atoms with Gasteiger partial charge in [0.05, 0.1) is 0 Å². The van der Waals surface area contributed by atoms with Crippen LogP contribution >= 0.6 is 11.6 Å². The third kappa shape index (κ3) is 3.75. The first-order valence-corrected chi connectivity index (χ1v) is 10.6. The van der Waals surface area contributed by atoms with E-state index >= 15 is 0 Å². The normalized spacial score (nSPS) is 23.5. The lowest BCUT2D eigenvalue weighted by Gasteiger charge is -2.34. The molecule has 3 heterocycles. The van der Waals surface area contributed by atoms with Crippen LogP contribution in [-0.2, 0) is 14.4 Å². The topological polar surface area (TPSA) is 60.9 Å². The number of amides is 3. The lowest BCUT2D eigenvalue weighted by molar-refractivity contribution is -0.144. The van der Waals surface area contributed by atoms with Crippen LogP contribution in [0, 0.1) is 11.8 Å². The van der Waals surface area contributed by atoms with Crippen molar-refractivity contribution in [3.63, 3.8) is 0 Å². The second kappa shape index (κ2) is 8.11. The molecule has 150 valence electrons. The number of likely N-dealkylation sites (tertiary alicyclic amines) is 2. The Labute approximate surface area is 170 Å². The number of benzene rings is 1. The van der Waals surface area contributed by atoms with Gasteiger partial charge in [0.1, 0.15) is 5.92 Å². The molecular formula is C21H26ClN3O3. The van der Waals surface area contributed by atoms with Crippen LogP contribution in [-0.4, -0.2) is 60.2 Å². The van der Waals surface area contributed by atoms with Crippen molar-refractivity contribution in [2.75, 3.05) is 37.6 Å². The van der Waals surface area contributed by atoms with E-state index in [9.17, 15) is 14.4 Å². The molecule has 3 saturated heterocycles. The highest BCUT2D eigenvalue weighted by Gasteiger charge is 2.41. The fraction of sp³-hybridized carbons (Fsp3) is 0.571. The molecule has 1 unspecified atom stereocenters. The number of halogens is 1. The van der Waals surface area contributed by atoms with Gasteiger partial charge >= 0.3 is 0 Å². The maximum absolute atomic E-state index is 12.9. The minimum atomic E-state index is -0.610. The summed E-state index contributed by atoms with van der Waals surface area (Å²) in [7, 11) is 0. The molecule has 3 aliphatic rings. The van der Waals surface area contributed by atoms with E-state index in [4.69, 9.17) is 11.6 Å². The van der Waals surface area contributed by atoms with Gasteiger partial charge in [0.25, 0.3) is 0 Å². The van der Waals surface area contributed by atoms with E-state index in [-0.39, 0.29) is 23.6 Å². The van der Waals surface area contributed by atoms with Gasteiger partial charge in [-0.1, -0.05) is 11.6 Å². The van der Waals surface area contributed by atoms with E-state index in [2.05, 4.69) is 0 Å². The van der Waals surface area contributed by atoms with Gasteiger partial charge in [-0.3, -0.25) is 14.4 Å². The van der Waals surface area contributed by atoms with Gasteiger partial charge in [-0.05, 0) is 56.4 Å². The molecule has 3 amide bonds. The predicted octanol–water partition coefficient (Wildman–Crippen LogP) is 2.55. The first-order valence-electron chi connectivity index (χ1n) is 10.2. The lowest BCUT2D eigenvalue weighted by atomic mass is 9.94. The summed E-state index contributed by atoms with van der Waals surface area (Å²) in [5.41, 5.74) is 0.777. The van der Waals surface area contributed by atoms with Crippen LogP contribution in [0.4, 0.5) is 5.69 Å².